The summed E-state index contributed by atoms with van der Waals surface area (Å²) in [6.45, 7) is 2.21. The Bertz CT molecular complexity index is 321. The molecule has 0 heterocycles. The van der Waals surface area contributed by atoms with Crippen LogP contribution in [0.2, 0.25) is 0 Å². The van der Waals surface area contributed by atoms with Gasteiger partial charge in [0.05, 0.1) is 6.10 Å². The third kappa shape index (κ3) is 18.9. The van der Waals surface area contributed by atoms with Crippen LogP contribution in [-0.2, 0) is 4.79 Å². The van der Waals surface area contributed by atoms with Crippen molar-refractivity contribution in [3.05, 3.63) is 24.3 Å². The number of rotatable bonds is 16. The number of carbonyl (C=O) groups is 1. The van der Waals surface area contributed by atoms with Crippen molar-refractivity contribution in [3.63, 3.8) is 0 Å². The molecule has 0 aliphatic carbocycles. The number of carboxylic acids is 1. The Morgan fingerprint density at radius 1 is 0.870 bits per heavy atom. The molecule has 0 aromatic rings. The van der Waals surface area contributed by atoms with E-state index in [9.17, 15) is 9.90 Å². The average molecular weight is 325 g/mol. The summed E-state index contributed by atoms with van der Waals surface area (Å²) >= 11 is 0. The summed E-state index contributed by atoms with van der Waals surface area (Å²) in [7, 11) is 0. The summed E-state index contributed by atoms with van der Waals surface area (Å²) in [4.78, 5) is 10.3. The number of aliphatic hydroxyl groups excluding tert-OH is 1. The minimum Gasteiger partial charge on any atom is -0.481 e. The second-order valence-corrected chi connectivity index (χ2v) is 6.25. The first-order valence-electron chi connectivity index (χ1n) is 9.36. The lowest BCUT2D eigenvalue weighted by molar-refractivity contribution is -0.137. The molecule has 0 radical (unpaired) electrons. The molecule has 0 aliphatic heterocycles. The lowest BCUT2D eigenvalue weighted by Crippen LogP contribution is -2.04. The van der Waals surface area contributed by atoms with Crippen molar-refractivity contribution in [2.75, 3.05) is 0 Å². The quantitative estimate of drug-likeness (QED) is 0.285. The molecule has 0 bridgehead atoms. The standard InChI is InChI=1S/C20H36O3/c1-2-3-4-5-10-13-16-19(21)17-14-11-8-6-7-9-12-15-18-20(22)23/h7,9-10,13,19,21H,2-6,8,11-12,14-18H2,1H3,(H,22,23)/t19-/m1/s1. The van der Waals surface area contributed by atoms with Crippen molar-refractivity contribution in [2.24, 2.45) is 0 Å². The van der Waals surface area contributed by atoms with Gasteiger partial charge in [-0.3, -0.25) is 4.79 Å². The highest BCUT2D eigenvalue weighted by atomic mass is 16.4. The average Bonchev–Trinajstić information content (AvgIpc) is 2.52. The van der Waals surface area contributed by atoms with Crippen LogP contribution in [0.4, 0.5) is 0 Å². The summed E-state index contributed by atoms with van der Waals surface area (Å²) in [6, 6.07) is 0. The Labute approximate surface area is 142 Å². The minimum atomic E-state index is -0.715. The van der Waals surface area contributed by atoms with E-state index >= 15 is 0 Å². The zero-order chi connectivity index (χ0) is 17.2. The van der Waals surface area contributed by atoms with Gasteiger partial charge in [0.1, 0.15) is 0 Å². The van der Waals surface area contributed by atoms with Gasteiger partial charge >= 0.3 is 5.97 Å². The summed E-state index contributed by atoms with van der Waals surface area (Å²) in [5, 5.41) is 18.4. The van der Waals surface area contributed by atoms with E-state index in [2.05, 4.69) is 31.2 Å². The first-order chi connectivity index (χ1) is 11.2. The predicted molar refractivity (Wildman–Crippen MR) is 97.6 cm³/mol. The topological polar surface area (TPSA) is 57.5 Å². The van der Waals surface area contributed by atoms with E-state index in [1.807, 2.05) is 0 Å². The second kappa shape index (κ2) is 17.3. The first kappa shape index (κ1) is 21.9. The van der Waals surface area contributed by atoms with Crippen molar-refractivity contribution >= 4 is 5.97 Å². The maximum atomic E-state index is 10.3. The molecule has 0 rings (SSSR count). The van der Waals surface area contributed by atoms with Crippen LogP contribution in [0.5, 0.6) is 0 Å². The van der Waals surface area contributed by atoms with E-state index in [-0.39, 0.29) is 12.5 Å². The van der Waals surface area contributed by atoms with E-state index in [1.165, 1.54) is 19.3 Å². The zero-order valence-corrected chi connectivity index (χ0v) is 14.9. The summed E-state index contributed by atoms with van der Waals surface area (Å²) < 4.78 is 0. The van der Waals surface area contributed by atoms with E-state index in [0.29, 0.717) is 0 Å². The van der Waals surface area contributed by atoms with Gasteiger partial charge in [-0.2, -0.15) is 0 Å². The van der Waals surface area contributed by atoms with Gasteiger partial charge in [-0.25, -0.2) is 0 Å². The molecule has 0 amide bonds. The van der Waals surface area contributed by atoms with Crippen LogP contribution in [-0.4, -0.2) is 22.3 Å². The van der Waals surface area contributed by atoms with Gasteiger partial charge in [0, 0.05) is 6.42 Å². The Kier molecular flexibility index (Phi) is 16.4. The third-order valence-electron chi connectivity index (χ3n) is 3.89. The molecule has 0 spiro atoms. The molecule has 3 heteroatoms. The second-order valence-electron chi connectivity index (χ2n) is 6.25. The molecule has 0 saturated carbocycles. The van der Waals surface area contributed by atoms with Gasteiger partial charge in [0.25, 0.3) is 0 Å². The van der Waals surface area contributed by atoms with Crippen LogP contribution < -0.4 is 0 Å². The van der Waals surface area contributed by atoms with Gasteiger partial charge in [-0.1, -0.05) is 56.9 Å². The smallest absolute Gasteiger partial charge is 0.303 e. The Morgan fingerprint density at radius 2 is 1.48 bits per heavy atom. The lowest BCUT2D eigenvalue weighted by atomic mass is 10.1. The highest BCUT2D eigenvalue weighted by Gasteiger charge is 2.00. The van der Waals surface area contributed by atoms with E-state index < -0.39 is 5.97 Å². The van der Waals surface area contributed by atoms with Gasteiger partial charge in [-0.05, 0) is 51.4 Å². The summed E-state index contributed by atoms with van der Waals surface area (Å²) in [6.07, 6.45) is 21.3. The highest BCUT2D eigenvalue weighted by Crippen LogP contribution is 2.10. The van der Waals surface area contributed by atoms with Crippen LogP contribution in [0.3, 0.4) is 0 Å². The van der Waals surface area contributed by atoms with E-state index in [0.717, 1.165) is 57.8 Å². The number of aliphatic hydroxyl groups is 1. The fourth-order valence-corrected chi connectivity index (χ4v) is 2.43. The number of hydrogen-bond acceptors (Lipinski definition) is 2. The van der Waals surface area contributed by atoms with Crippen molar-refractivity contribution in [1.82, 2.24) is 0 Å². The number of hydrogen-bond donors (Lipinski definition) is 2. The van der Waals surface area contributed by atoms with E-state index in [1.54, 1.807) is 0 Å². The van der Waals surface area contributed by atoms with Gasteiger partial charge in [0.2, 0.25) is 0 Å². The van der Waals surface area contributed by atoms with Crippen LogP contribution in [0.25, 0.3) is 0 Å². The maximum Gasteiger partial charge on any atom is 0.303 e. The van der Waals surface area contributed by atoms with E-state index in [4.69, 9.17) is 5.11 Å². The van der Waals surface area contributed by atoms with Crippen LogP contribution >= 0.6 is 0 Å². The number of allylic oxidation sites excluding steroid dienone is 3. The molecular formula is C20H36O3. The fourth-order valence-electron chi connectivity index (χ4n) is 2.43. The Balaban J connectivity index is 3.33. The van der Waals surface area contributed by atoms with Crippen molar-refractivity contribution in [1.29, 1.82) is 0 Å². The molecule has 134 valence electrons. The molecule has 0 fully saturated rings. The molecule has 0 aliphatic rings. The van der Waals surface area contributed by atoms with Crippen molar-refractivity contribution in [2.45, 2.75) is 96.5 Å². The number of unbranched alkanes of at least 4 members (excludes halogenated alkanes) is 7. The Hall–Kier alpha value is -1.09. The van der Waals surface area contributed by atoms with Crippen molar-refractivity contribution < 1.29 is 15.0 Å². The maximum absolute atomic E-state index is 10.3. The molecule has 0 aromatic heterocycles. The van der Waals surface area contributed by atoms with Crippen molar-refractivity contribution in [3.8, 4) is 0 Å². The SMILES string of the molecule is CCCCCC=CC[C@@H](O)CCCCCC=CCCCC(=O)O. The third-order valence-corrected chi connectivity index (χ3v) is 3.89. The van der Waals surface area contributed by atoms with Crippen LogP contribution in [0, 0.1) is 0 Å². The van der Waals surface area contributed by atoms with Crippen LogP contribution in [0.1, 0.15) is 90.4 Å². The van der Waals surface area contributed by atoms with Crippen LogP contribution in [0.15, 0.2) is 24.3 Å². The van der Waals surface area contributed by atoms with Gasteiger partial charge in [-0.15, -0.1) is 0 Å². The molecule has 1 atom stereocenters. The monoisotopic (exact) mass is 324 g/mol. The minimum absolute atomic E-state index is 0.191. The predicted octanol–water partition coefficient (Wildman–Crippen LogP) is 5.64. The summed E-state index contributed by atoms with van der Waals surface area (Å²) in [5.41, 5.74) is 0. The number of aliphatic carboxylic acids is 1. The molecule has 0 unspecified atom stereocenters. The molecule has 23 heavy (non-hydrogen) atoms. The van der Waals surface area contributed by atoms with Gasteiger partial charge in [0.15, 0.2) is 0 Å². The summed E-state index contributed by atoms with van der Waals surface area (Å²) in [5.74, 6) is -0.715. The lowest BCUT2D eigenvalue weighted by Gasteiger charge is -2.07. The Morgan fingerprint density at radius 3 is 2.13 bits per heavy atom. The first-order valence-corrected chi connectivity index (χ1v) is 9.36. The van der Waals surface area contributed by atoms with Gasteiger partial charge < -0.3 is 10.2 Å². The number of carboxylic acid groups (broad SMARTS) is 1. The fraction of sp³-hybridized carbons (Fsp3) is 0.750. The molecule has 3 nitrogen and oxygen atoms in total. The highest BCUT2D eigenvalue weighted by molar-refractivity contribution is 5.66. The molecule has 0 aromatic carbocycles. The molecule has 0 saturated heterocycles. The normalized spacial score (nSPS) is 13.1. The largest absolute Gasteiger partial charge is 0.481 e. The molecule has 2 N–H and O–H groups in total. The zero-order valence-electron chi connectivity index (χ0n) is 14.9. The molecular weight excluding hydrogens is 288 g/mol.